The Labute approximate surface area is 110 Å². The number of aromatic amines is 1. The van der Waals surface area contributed by atoms with Crippen molar-refractivity contribution >= 4 is 11.0 Å². The molecule has 0 aliphatic carbocycles. The Morgan fingerprint density at radius 1 is 1.67 bits per heavy atom. The molecule has 0 spiro atoms. The van der Waals surface area contributed by atoms with E-state index in [1.807, 2.05) is 13.1 Å². The molecule has 0 fully saturated rings. The van der Waals surface area contributed by atoms with Crippen LogP contribution in [0.2, 0.25) is 0 Å². The number of hydrogen-bond donors (Lipinski definition) is 3. The summed E-state index contributed by atoms with van der Waals surface area (Å²) in [6.07, 6.45) is 4.42. The van der Waals surface area contributed by atoms with Gasteiger partial charge in [0.1, 0.15) is 0 Å². The molecule has 0 bridgehead atoms. The highest BCUT2D eigenvalue weighted by atomic mass is 32.2. The minimum Gasteiger partial charge on any atom is -0.328 e. The molecule has 1 aromatic heterocycles. The van der Waals surface area contributed by atoms with E-state index < -0.39 is 11.0 Å². The zero-order valence-electron chi connectivity index (χ0n) is 10.8. The first-order valence-corrected chi connectivity index (χ1v) is 7.69. The Balaban J connectivity index is 1.96. The van der Waals surface area contributed by atoms with Crippen LogP contribution in [0.25, 0.3) is 0 Å². The van der Waals surface area contributed by atoms with Crippen LogP contribution >= 0.6 is 0 Å². The van der Waals surface area contributed by atoms with Crippen molar-refractivity contribution in [3.63, 3.8) is 0 Å². The van der Waals surface area contributed by atoms with E-state index in [-0.39, 0.29) is 6.04 Å². The molecule has 0 radical (unpaired) electrons. The van der Waals surface area contributed by atoms with Crippen molar-refractivity contribution in [1.82, 2.24) is 19.8 Å². The van der Waals surface area contributed by atoms with Crippen LogP contribution in [0.3, 0.4) is 0 Å². The van der Waals surface area contributed by atoms with Gasteiger partial charge >= 0.3 is 0 Å². The lowest BCUT2D eigenvalue weighted by atomic mass is 10.1. The summed E-state index contributed by atoms with van der Waals surface area (Å²) in [6, 6.07) is 0.439. The summed E-state index contributed by atoms with van der Waals surface area (Å²) in [6.45, 7) is 4.46. The van der Waals surface area contributed by atoms with Crippen LogP contribution in [0.5, 0.6) is 0 Å². The summed E-state index contributed by atoms with van der Waals surface area (Å²) in [7, 11) is -0.979. The van der Waals surface area contributed by atoms with Crippen LogP contribution in [0.1, 0.15) is 24.6 Å². The van der Waals surface area contributed by atoms with E-state index in [1.54, 1.807) is 6.26 Å². The van der Waals surface area contributed by atoms with Crippen LogP contribution in [0.15, 0.2) is 6.20 Å². The van der Waals surface area contributed by atoms with Gasteiger partial charge in [0.15, 0.2) is 0 Å². The van der Waals surface area contributed by atoms with E-state index in [1.165, 1.54) is 11.3 Å². The predicted octanol–water partition coefficient (Wildman–Crippen LogP) is -0.286. The van der Waals surface area contributed by atoms with Crippen LogP contribution < -0.4 is 10.5 Å². The van der Waals surface area contributed by atoms with Gasteiger partial charge in [0.2, 0.25) is 0 Å². The highest BCUT2D eigenvalue weighted by molar-refractivity contribution is 7.82. The van der Waals surface area contributed by atoms with Crippen molar-refractivity contribution in [2.45, 2.75) is 38.5 Å². The number of nitrogens with two attached hydrogens (primary N) is 1. The SMILES string of the molecule is CC(N)CC(CNS(C)=O)N1Cc2cn[nH]c2C1. The van der Waals surface area contributed by atoms with E-state index in [4.69, 9.17) is 5.73 Å². The molecule has 3 atom stereocenters. The standard InChI is InChI=1S/C11H21N5OS/c1-8(12)3-10(5-14-18(2)17)16-6-9-4-13-15-11(9)7-16/h4,8,10,14H,3,5-7,12H2,1-2H3,(H,13,15). The van der Waals surface area contributed by atoms with Gasteiger partial charge in [-0.15, -0.1) is 0 Å². The maximum Gasteiger partial charge on any atom is 0.0884 e. The first-order valence-electron chi connectivity index (χ1n) is 6.14. The number of H-pyrrole nitrogens is 1. The van der Waals surface area contributed by atoms with Gasteiger partial charge in [-0.3, -0.25) is 10.00 Å². The van der Waals surface area contributed by atoms with Gasteiger partial charge in [-0.2, -0.15) is 5.10 Å². The fourth-order valence-electron chi connectivity index (χ4n) is 2.35. The van der Waals surface area contributed by atoms with Crippen molar-refractivity contribution in [3.8, 4) is 0 Å². The van der Waals surface area contributed by atoms with Crippen molar-refractivity contribution in [2.24, 2.45) is 5.73 Å². The first kappa shape index (κ1) is 13.7. The van der Waals surface area contributed by atoms with Gasteiger partial charge in [0, 0.05) is 43.5 Å². The number of nitrogens with one attached hydrogen (secondary N) is 2. The normalized spacial score (nSPS) is 20.6. The Morgan fingerprint density at radius 3 is 3.06 bits per heavy atom. The molecular weight excluding hydrogens is 250 g/mol. The number of nitrogens with zero attached hydrogens (tertiary/aromatic N) is 2. The molecule has 4 N–H and O–H groups in total. The Bertz CT molecular complexity index is 399. The Hall–Kier alpha value is -0.760. The molecule has 7 heteroatoms. The molecule has 1 aliphatic heterocycles. The average molecular weight is 271 g/mol. The largest absolute Gasteiger partial charge is 0.328 e. The van der Waals surface area contributed by atoms with Crippen LogP contribution in [-0.4, -0.2) is 44.2 Å². The van der Waals surface area contributed by atoms with E-state index in [0.717, 1.165) is 19.5 Å². The zero-order valence-corrected chi connectivity index (χ0v) is 11.7. The predicted molar refractivity (Wildman–Crippen MR) is 72.0 cm³/mol. The average Bonchev–Trinajstić information content (AvgIpc) is 2.83. The van der Waals surface area contributed by atoms with Crippen molar-refractivity contribution in [2.75, 3.05) is 12.8 Å². The van der Waals surface area contributed by atoms with E-state index in [9.17, 15) is 4.21 Å². The highest BCUT2D eigenvalue weighted by Crippen LogP contribution is 2.23. The lowest BCUT2D eigenvalue weighted by Crippen LogP contribution is -2.43. The number of rotatable bonds is 6. The fraction of sp³-hybridized carbons (Fsp3) is 0.727. The third-order valence-electron chi connectivity index (χ3n) is 3.22. The van der Waals surface area contributed by atoms with Crippen LogP contribution in [-0.2, 0) is 24.1 Å². The smallest absolute Gasteiger partial charge is 0.0884 e. The number of hydrogen-bond acceptors (Lipinski definition) is 4. The molecule has 18 heavy (non-hydrogen) atoms. The molecular formula is C11H21N5OS. The zero-order chi connectivity index (χ0) is 13.1. The lowest BCUT2D eigenvalue weighted by molar-refractivity contribution is 0.182. The topological polar surface area (TPSA) is 87.0 Å². The Kier molecular flexibility index (Phi) is 4.50. The molecule has 0 amide bonds. The highest BCUT2D eigenvalue weighted by Gasteiger charge is 2.27. The summed E-state index contributed by atoms with van der Waals surface area (Å²) in [5.74, 6) is 0. The van der Waals surface area contributed by atoms with Gasteiger partial charge in [0.25, 0.3) is 0 Å². The quantitative estimate of drug-likeness (QED) is 0.664. The van der Waals surface area contributed by atoms with Gasteiger partial charge in [-0.25, -0.2) is 8.93 Å². The lowest BCUT2D eigenvalue weighted by Gasteiger charge is -2.28. The van der Waals surface area contributed by atoms with E-state index >= 15 is 0 Å². The van der Waals surface area contributed by atoms with Crippen molar-refractivity contribution in [3.05, 3.63) is 17.5 Å². The minimum absolute atomic E-state index is 0.138. The number of aromatic nitrogens is 2. The van der Waals surface area contributed by atoms with Crippen molar-refractivity contribution < 1.29 is 4.21 Å². The molecule has 0 saturated heterocycles. The molecule has 2 rings (SSSR count). The summed E-state index contributed by atoms with van der Waals surface area (Å²) in [5.41, 5.74) is 8.33. The third-order valence-corrected chi connectivity index (χ3v) is 3.80. The number of fused-ring (bicyclic) bond motifs is 1. The maximum atomic E-state index is 11.2. The molecule has 3 unspecified atom stereocenters. The van der Waals surface area contributed by atoms with Gasteiger partial charge in [-0.1, -0.05) is 0 Å². The molecule has 1 aromatic rings. The molecule has 2 heterocycles. The first-order chi connectivity index (χ1) is 8.56. The molecule has 1 aliphatic rings. The molecule has 102 valence electrons. The van der Waals surface area contributed by atoms with Crippen LogP contribution in [0, 0.1) is 0 Å². The van der Waals surface area contributed by atoms with Gasteiger partial charge in [-0.05, 0) is 13.3 Å². The summed E-state index contributed by atoms with van der Waals surface area (Å²) in [5, 5.41) is 7.05. The van der Waals surface area contributed by atoms with E-state index in [2.05, 4.69) is 19.8 Å². The molecule has 6 nitrogen and oxygen atoms in total. The monoisotopic (exact) mass is 271 g/mol. The van der Waals surface area contributed by atoms with Gasteiger partial charge < -0.3 is 5.73 Å². The summed E-state index contributed by atoms with van der Waals surface area (Å²) < 4.78 is 14.1. The molecule has 0 aromatic carbocycles. The second kappa shape index (κ2) is 5.92. The third kappa shape index (κ3) is 3.38. The molecule has 0 saturated carbocycles. The van der Waals surface area contributed by atoms with Crippen LogP contribution in [0.4, 0.5) is 0 Å². The van der Waals surface area contributed by atoms with Crippen molar-refractivity contribution in [1.29, 1.82) is 0 Å². The second-order valence-electron chi connectivity index (χ2n) is 4.95. The Morgan fingerprint density at radius 2 is 2.44 bits per heavy atom. The fourth-order valence-corrected chi connectivity index (χ4v) is 2.78. The van der Waals surface area contributed by atoms with E-state index in [0.29, 0.717) is 12.6 Å². The van der Waals surface area contributed by atoms with Gasteiger partial charge in [0.05, 0.1) is 22.9 Å². The maximum absolute atomic E-state index is 11.2. The summed E-state index contributed by atoms with van der Waals surface area (Å²) in [4.78, 5) is 2.35. The summed E-state index contributed by atoms with van der Waals surface area (Å²) >= 11 is 0. The second-order valence-corrected chi connectivity index (χ2v) is 6.15. The minimum atomic E-state index is -0.979.